The number of carbonyl (C=O) groups excluding carboxylic acids is 1. The van der Waals surface area contributed by atoms with Gasteiger partial charge in [-0.2, -0.15) is 0 Å². The zero-order valence-corrected chi connectivity index (χ0v) is 20.1. The topological polar surface area (TPSA) is 33.2 Å². The fourth-order valence-electron chi connectivity index (χ4n) is 4.01. The van der Waals surface area contributed by atoms with Crippen molar-refractivity contribution in [2.75, 3.05) is 13.1 Å². The fourth-order valence-corrected chi connectivity index (χ4v) is 4.92. The first-order chi connectivity index (χ1) is 14.8. The van der Waals surface area contributed by atoms with Crippen LogP contribution in [0.5, 0.6) is 0 Å². The largest absolute Gasteiger partial charge is 0.337 e. The highest BCUT2D eigenvalue weighted by Gasteiger charge is 2.30. The van der Waals surface area contributed by atoms with Gasteiger partial charge >= 0.3 is 0 Å². The highest BCUT2D eigenvalue weighted by Crippen LogP contribution is 2.34. The summed E-state index contributed by atoms with van der Waals surface area (Å²) in [5, 5.41) is 0.942. The molecule has 3 nitrogen and oxygen atoms in total. The maximum absolute atomic E-state index is 13.7. The number of aromatic nitrogens is 1. The molecule has 1 aromatic heterocycles. The van der Waals surface area contributed by atoms with Crippen LogP contribution in [-0.4, -0.2) is 28.9 Å². The molecule has 0 aliphatic heterocycles. The van der Waals surface area contributed by atoms with Crippen LogP contribution in [0, 0.1) is 40.5 Å². The lowest BCUT2D eigenvalue weighted by atomic mass is 10.0. The van der Waals surface area contributed by atoms with Crippen molar-refractivity contribution < 1.29 is 4.79 Å². The Morgan fingerprint density at radius 1 is 1.00 bits per heavy atom. The average Bonchev–Trinajstić information content (AvgIpc) is 3.47. The Bertz CT molecular complexity index is 1110. The minimum absolute atomic E-state index is 0.0785. The van der Waals surface area contributed by atoms with Gasteiger partial charge in [-0.15, -0.1) is 11.3 Å². The molecule has 1 fully saturated rings. The molecule has 162 valence electrons. The van der Waals surface area contributed by atoms with Crippen LogP contribution in [0.2, 0.25) is 0 Å². The summed E-state index contributed by atoms with van der Waals surface area (Å²) in [5.41, 5.74) is 8.12. The van der Waals surface area contributed by atoms with Gasteiger partial charge in [-0.25, -0.2) is 4.98 Å². The molecule has 1 aliphatic rings. The van der Waals surface area contributed by atoms with Gasteiger partial charge in [0.25, 0.3) is 5.91 Å². The van der Waals surface area contributed by atoms with Crippen molar-refractivity contribution in [1.82, 2.24) is 9.88 Å². The number of thiazole rings is 1. The van der Waals surface area contributed by atoms with E-state index in [-0.39, 0.29) is 5.91 Å². The number of aryl methyl sites for hydroxylation is 5. The van der Waals surface area contributed by atoms with Crippen LogP contribution >= 0.6 is 11.3 Å². The molecule has 0 N–H and O–H groups in total. The van der Waals surface area contributed by atoms with Crippen LogP contribution in [0.15, 0.2) is 36.4 Å². The van der Waals surface area contributed by atoms with Crippen LogP contribution in [0.25, 0.3) is 10.4 Å². The van der Waals surface area contributed by atoms with Crippen molar-refractivity contribution >= 4 is 17.2 Å². The molecule has 1 amide bonds. The van der Waals surface area contributed by atoms with Crippen LogP contribution in [0.3, 0.4) is 0 Å². The Kier molecular flexibility index (Phi) is 6.29. The van der Waals surface area contributed by atoms with Gasteiger partial charge in [0.2, 0.25) is 0 Å². The second-order valence-electron chi connectivity index (χ2n) is 9.08. The van der Waals surface area contributed by atoms with Crippen LogP contribution in [0.4, 0.5) is 0 Å². The average molecular weight is 433 g/mol. The van der Waals surface area contributed by atoms with Gasteiger partial charge in [-0.05, 0) is 87.6 Å². The van der Waals surface area contributed by atoms with E-state index < -0.39 is 0 Å². The van der Waals surface area contributed by atoms with Crippen molar-refractivity contribution in [2.24, 2.45) is 5.92 Å². The Morgan fingerprint density at radius 2 is 1.74 bits per heavy atom. The number of hydrogen-bond acceptors (Lipinski definition) is 3. The number of carbonyl (C=O) groups is 1. The zero-order valence-electron chi connectivity index (χ0n) is 19.3. The molecule has 1 aliphatic carbocycles. The molecular formula is C27H32N2OS. The predicted octanol–water partition coefficient (Wildman–Crippen LogP) is 6.45. The maximum Gasteiger partial charge on any atom is 0.274 e. The lowest BCUT2D eigenvalue weighted by Gasteiger charge is -2.23. The molecule has 0 saturated heterocycles. The second kappa shape index (κ2) is 8.96. The molecule has 4 rings (SSSR count). The Balaban J connectivity index is 1.61. The van der Waals surface area contributed by atoms with Gasteiger partial charge in [-0.3, -0.25) is 4.79 Å². The summed E-state index contributed by atoms with van der Waals surface area (Å²) in [6.45, 7) is 12.1. The van der Waals surface area contributed by atoms with Crippen molar-refractivity contribution in [2.45, 2.75) is 53.9 Å². The van der Waals surface area contributed by atoms with E-state index in [1.807, 2.05) is 6.92 Å². The number of hydrogen-bond donors (Lipinski definition) is 0. The van der Waals surface area contributed by atoms with E-state index in [2.05, 4.69) is 69.0 Å². The number of amides is 1. The van der Waals surface area contributed by atoms with Crippen LogP contribution in [-0.2, 0) is 6.42 Å². The molecule has 1 saturated carbocycles. The Labute approximate surface area is 190 Å². The summed E-state index contributed by atoms with van der Waals surface area (Å²) < 4.78 is 0. The zero-order chi connectivity index (χ0) is 22.1. The van der Waals surface area contributed by atoms with Crippen LogP contribution in [0.1, 0.15) is 56.2 Å². The molecule has 31 heavy (non-hydrogen) atoms. The second-order valence-corrected chi connectivity index (χ2v) is 10.3. The summed E-state index contributed by atoms with van der Waals surface area (Å²) in [5.74, 6) is 0.724. The van der Waals surface area contributed by atoms with Crippen molar-refractivity contribution in [3.05, 3.63) is 74.9 Å². The first kappa shape index (κ1) is 21.8. The highest BCUT2D eigenvalue weighted by atomic mass is 32.1. The van der Waals surface area contributed by atoms with Crippen molar-refractivity contribution in [3.63, 3.8) is 0 Å². The summed E-state index contributed by atoms with van der Waals surface area (Å²) in [4.78, 5) is 21.5. The third-order valence-corrected chi connectivity index (χ3v) is 7.34. The van der Waals surface area contributed by atoms with Gasteiger partial charge in [0.15, 0.2) is 0 Å². The van der Waals surface area contributed by atoms with Gasteiger partial charge in [0, 0.05) is 13.1 Å². The first-order valence-electron chi connectivity index (χ1n) is 11.2. The quantitative estimate of drug-likeness (QED) is 0.430. The van der Waals surface area contributed by atoms with Gasteiger partial charge in [0.05, 0.1) is 9.88 Å². The maximum atomic E-state index is 13.7. The van der Waals surface area contributed by atoms with Crippen LogP contribution < -0.4 is 0 Å². The summed E-state index contributed by atoms with van der Waals surface area (Å²) in [7, 11) is 0. The molecule has 3 aromatic rings. The summed E-state index contributed by atoms with van der Waals surface area (Å²) >= 11 is 1.62. The predicted molar refractivity (Wildman–Crippen MR) is 130 cm³/mol. The lowest BCUT2D eigenvalue weighted by Crippen LogP contribution is -2.35. The monoisotopic (exact) mass is 432 g/mol. The van der Waals surface area contributed by atoms with E-state index in [1.54, 1.807) is 11.3 Å². The molecule has 0 spiro atoms. The Hall–Kier alpha value is -2.46. The SMILES string of the molecule is Cc1ccc(C)c(CCN(CC2CC2)C(=O)c2nc(C)sc2-c2ccc(C)c(C)c2)c1. The third kappa shape index (κ3) is 5.07. The van der Waals surface area contributed by atoms with E-state index in [9.17, 15) is 4.79 Å². The van der Waals surface area contributed by atoms with E-state index in [1.165, 1.54) is 40.7 Å². The molecule has 0 bridgehead atoms. The molecule has 0 unspecified atom stereocenters. The third-order valence-electron chi connectivity index (χ3n) is 6.32. The minimum atomic E-state index is 0.0785. The summed E-state index contributed by atoms with van der Waals surface area (Å²) in [6, 6.07) is 13.0. The van der Waals surface area contributed by atoms with E-state index >= 15 is 0 Å². The van der Waals surface area contributed by atoms with Gasteiger partial charge < -0.3 is 4.90 Å². The first-order valence-corrected chi connectivity index (χ1v) is 12.0. The normalized spacial score (nSPS) is 13.5. The van der Waals surface area contributed by atoms with E-state index in [0.29, 0.717) is 11.6 Å². The molecule has 2 aromatic carbocycles. The Morgan fingerprint density at radius 3 is 2.45 bits per heavy atom. The van der Waals surface area contributed by atoms with Crippen molar-refractivity contribution in [3.8, 4) is 10.4 Å². The standard InChI is InChI=1S/C27H32N2OS/c1-17-6-7-19(3)23(14-17)12-13-29(16-22-9-10-22)27(30)25-26(31-21(5)28-25)24-11-8-18(2)20(4)15-24/h6-8,11,14-15,22H,9-10,12-13,16H2,1-5H3. The molecule has 0 radical (unpaired) electrons. The number of nitrogens with zero attached hydrogens (tertiary/aromatic N) is 2. The van der Waals surface area contributed by atoms with Gasteiger partial charge in [0.1, 0.15) is 5.69 Å². The smallest absolute Gasteiger partial charge is 0.274 e. The van der Waals surface area contributed by atoms with E-state index in [0.717, 1.165) is 35.0 Å². The number of rotatable bonds is 7. The molecule has 0 atom stereocenters. The van der Waals surface area contributed by atoms with Crippen molar-refractivity contribution in [1.29, 1.82) is 0 Å². The lowest BCUT2D eigenvalue weighted by molar-refractivity contribution is 0.0745. The molecule has 4 heteroatoms. The number of benzene rings is 2. The van der Waals surface area contributed by atoms with E-state index in [4.69, 9.17) is 4.98 Å². The molecule has 1 heterocycles. The van der Waals surface area contributed by atoms with Gasteiger partial charge in [-0.1, -0.05) is 42.0 Å². The summed E-state index contributed by atoms with van der Waals surface area (Å²) in [6.07, 6.45) is 3.34. The molecular weight excluding hydrogens is 400 g/mol. The highest BCUT2D eigenvalue weighted by molar-refractivity contribution is 7.15. The minimum Gasteiger partial charge on any atom is -0.337 e. The fraction of sp³-hybridized carbons (Fsp3) is 0.407.